The van der Waals surface area contributed by atoms with Gasteiger partial charge in [0.1, 0.15) is 25.1 Å². The number of aromatic nitrogens is 2. The van der Waals surface area contributed by atoms with Crippen LogP contribution in [0.5, 0.6) is 0 Å². The van der Waals surface area contributed by atoms with Crippen molar-refractivity contribution in [3.05, 3.63) is 103 Å². The van der Waals surface area contributed by atoms with Crippen molar-refractivity contribution in [3.8, 4) is 0 Å². The predicted molar refractivity (Wildman–Crippen MR) is 186 cm³/mol. The van der Waals surface area contributed by atoms with Gasteiger partial charge in [-0.3, -0.25) is 29.8 Å². The van der Waals surface area contributed by atoms with Gasteiger partial charge in [0.25, 0.3) is 23.6 Å². The van der Waals surface area contributed by atoms with Crippen LogP contribution in [0.4, 0.5) is 16.2 Å². The summed E-state index contributed by atoms with van der Waals surface area (Å²) >= 11 is 2.63. The number of nitrogens with zero attached hydrogens (tertiary/aromatic N) is 6. The van der Waals surface area contributed by atoms with Crippen LogP contribution in [-0.2, 0) is 43.6 Å². The number of rotatable bonds is 12. The van der Waals surface area contributed by atoms with E-state index in [0.717, 1.165) is 0 Å². The number of esters is 1. The minimum atomic E-state index is -1.12. The fraction of sp³-hybridized carbons (Fsp3) is 0.303. The van der Waals surface area contributed by atoms with E-state index in [4.69, 9.17) is 15.3 Å². The number of hydrogen-bond acceptors (Lipinski definition) is 14. The number of nitro groups is 2. The molecule has 0 aliphatic carbocycles. The maximum atomic E-state index is 13.7. The fourth-order valence-corrected chi connectivity index (χ4v) is 8.62. The highest BCUT2D eigenvalue weighted by molar-refractivity contribution is 7.98. The molecule has 54 heavy (non-hydrogen) atoms. The number of ether oxygens (including phenoxy) is 2. The van der Waals surface area contributed by atoms with E-state index in [1.807, 2.05) is 6.92 Å². The highest BCUT2D eigenvalue weighted by atomic mass is 127. The zero-order chi connectivity index (χ0) is 38.3. The minimum Gasteiger partial charge on any atom is -1.00 e. The predicted octanol–water partition coefficient (Wildman–Crippen LogP) is 0.182. The molecule has 0 radical (unpaired) electrons. The van der Waals surface area contributed by atoms with Crippen LogP contribution in [0.25, 0.3) is 10.4 Å². The van der Waals surface area contributed by atoms with Gasteiger partial charge in [-0.15, -0.1) is 0 Å². The van der Waals surface area contributed by atoms with Crippen LogP contribution in [-0.4, -0.2) is 71.5 Å². The first-order chi connectivity index (χ1) is 25.2. The van der Waals surface area contributed by atoms with Crippen molar-refractivity contribution in [2.24, 2.45) is 17.7 Å². The lowest BCUT2D eigenvalue weighted by molar-refractivity contribution is -0.718. The van der Waals surface area contributed by atoms with E-state index in [1.54, 1.807) is 27.7 Å². The number of β-lactam (4-membered cyclic amide) rings is 1. The summed E-state index contributed by atoms with van der Waals surface area (Å²) in [6.45, 7) is 2.59. The number of hydrogen-bond donors (Lipinski definition) is 2. The van der Waals surface area contributed by atoms with E-state index < -0.39 is 51.8 Å². The van der Waals surface area contributed by atoms with Crippen molar-refractivity contribution in [3.63, 3.8) is 0 Å². The van der Waals surface area contributed by atoms with Crippen LogP contribution in [0.15, 0.2) is 71.8 Å². The van der Waals surface area contributed by atoms with E-state index in [1.165, 1.54) is 83.5 Å². The molecule has 6 rings (SSSR count). The minimum absolute atomic E-state index is 0. The molecule has 0 saturated carbocycles. The van der Waals surface area contributed by atoms with Crippen LogP contribution < -0.4 is 34.4 Å². The molecule has 2 aliphatic rings. The molecule has 4 aromatic rings. The Kier molecular flexibility index (Phi) is 12.1. The van der Waals surface area contributed by atoms with Crippen molar-refractivity contribution in [1.82, 2.24) is 14.3 Å². The van der Waals surface area contributed by atoms with Gasteiger partial charge in [-0.25, -0.2) is 20.0 Å². The van der Waals surface area contributed by atoms with E-state index >= 15 is 0 Å². The lowest BCUT2D eigenvalue weighted by Crippen LogP contribution is -3.00. The van der Waals surface area contributed by atoms with E-state index in [2.05, 4.69) is 0 Å². The van der Waals surface area contributed by atoms with Gasteiger partial charge in [-0.05, 0) is 48.6 Å². The van der Waals surface area contributed by atoms with Gasteiger partial charge in [0.05, 0.1) is 32.8 Å². The number of carbonyl (C=O) groups excluding carboxylic acids is 4. The monoisotopic (exact) mass is 893 g/mol. The van der Waals surface area contributed by atoms with Gasteiger partial charge in [-0.1, -0.05) is 30.0 Å². The van der Waals surface area contributed by atoms with E-state index in [0.29, 0.717) is 36.4 Å². The quantitative estimate of drug-likeness (QED) is 0.0223. The van der Waals surface area contributed by atoms with Crippen LogP contribution >= 0.6 is 23.1 Å². The first kappa shape index (κ1) is 40.2. The number of carbonyl (C=O) groups is 4. The van der Waals surface area contributed by atoms with Crippen LogP contribution in [0, 0.1) is 32.1 Å². The summed E-state index contributed by atoms with van der Waals surface area (Å²) in [6, 6.07) is 10.4. The molecular formula is C33H32IN7O11S2. The first-order valence-corrected chi connectivity index (χ1v) is 18.0. The number of benzene rings is 2. The summed E-state index contributed by atoms with van der Waals surface area (Å²) in [5.41, 5.74) is 1.32. The molecule has 3 N–H and O–H groups in total. The molecule has 3 amide bonds. The molecule has 2 aromatic carbocycles. The lowest BCUT2D eigenvalue weighted by atomic mass is 9.77. The second-order valence-corrected chi connectivity index (χ2v) is 14.1. The van der Waals surface area contributed by atoms with Gasteiger partial charge in [-0.2, -0.15) is 9.41 Å². The maximum Gasteiger partial charge on any atom is 0.431 e. The van der Waals surface area contributed by atoms with Crippen molar-refractivity contribution < 1.29 is 72.1 Å². The third-order valence-corrected chi connectivity index (χ3v) is 11.1. The third-order valence-electron chi connectivity index (χ3n) is 9.03. The Labute approximate surface area is 331 Å². The van der Waals surface area contributed by atoms with Gasteiger partial charge in [0.15, 0.2) is 6.54 Å². The smallest absolute Gasteiger partial charge is 0.431 e. The molecule has 0 bridgehead atoms. The largest absolute Gasteiger partial charge is 1.00 e. The topological polar surface area (TPSA) is 234 Å². The summed E-state index contributed by atoms with van der Waals surface area (Å²) in [6.07, 6.45) is 3.10. The zero-order valence-corrected chi connectivity index (χ0v) is 32.5. The number of imide groups is 1. The molecule has 1 fully saturated rings. The highest BCUT2D eigenvalue weighted by Crippen LogP contribution is 2.52. The molecule has 2 aromatic heterocycles. The van der Waals surface area contributed by atoms with Gasteiger partial charge in [0, 0.05) is 35.8 Å². The number of fused-ring (bicyclic) bond motifs is 2. The first-order valence-electron chi connectivity index (χ1n) is 15.9. The van der Waals surface area contributed by atoms with Crippen molar-refractivity contribution in [2.45, 2.75) is 50.8 Å². The molecule has 1 saturated heterocycles. The summed E-state index contributed by atoms with van der Waals surface area (Å²) in [7, 11) is 0. The van der Waals surface area contributed by atoms with E-state index in [-0.39, 0.29) is 66.7 Å². The van der Waals surface area contributed by atoms with Crippen molar-refractivity contribution in [1.29, 1.82) is 0 Å². The number of aliphatic hydroxyl groups is 1. The molecule has 4 heterocycles. The molecule has 2 aliphatic heterocycles. The molecule has 0 unspecified atom stereocenters. The third kappa shape index (κ3) is 7.53. The fourth-order valence-electron chi connectivity index (χ4n) is 6.44. The summed E-state index contributed by atoms with van der Waals surface area (Å²) in [5.74, 6) is 2.74. The number of thiazole rings is 1. The van der Waals surface area contributed by atoms with Crippen molar-refractivity contribution in [2.75, 3.05) is 6.26 Å². The second-order valence-electron chi connectivity index (χ2n) is 12.3. The van der Waals surface area contributed by atoms with Gasteiger partial charge >= 0.3 is 12.1 Å². The molecule has 21 heteroatoms. The second kappa shape index (κ2) is 16.2. The number of nitro benzene ring substituents is 2. The SMILES string of the molecule is CSc1c2sc(C3=C(C(=O)OCc4ccc([N+](=O)[O-])cc4)N4C(=O)[C@H]([C@@H](C)O)[C@H]4[C@H]3C)cn2c[n+]1CC(=O)N(N)C(=O)OCc1ccc([N+](=O)[O-])cc1.[I-]. The Morgan fingerprint density at radius 2 is 1.59 bits per heavy atom. The Balaban J connectivity index is 0.00000561. The number of aliphatic hydroxyl groups excluding tert-OH is 1. The molecule has 0 spiro atoms. The average Bonchev–Trinajstić information content (AvgIpc) is 3.75. The number of hydrazine groups is 1. The molecular weight excluding hydrogens is 861 g/mol. The number of halogens is 1. The van der Waals surface area contributed by atoms with Crippen LogP contribution in [0.3, 0.4) is 0 Å². The van der Waals surface area contributed by atoms with Crippen LogP contribution in [0.1, 0.15) is 29.9 Å². The molecule has 18 nitrogen and oxygen atoms in total. The Hall–Kier alpha value is -4.97. The Bertz CT molecular complexity index is 2190. The highest BCUT2D eigenvalue weighted by Gasteiger charge is 2.60. The number of thioether (sulfide) groups is 1. The normalized spacial score (nSPS) is 18.1. The number of amides is 3. The maximum absolute atomic E-state index is 13.7. The molecule has 4 atom stereocenters. The summed E-state index contributed by atoms with van der Waals surface area (Å²) in [4.78, 5) is 76.0. The zero-order valence-electron chi connectivity index (χ0n) is 28.7. The van der Waals surface area contributed by atoms with Crippen molar-refractivity contribution >= 4 is 68.8 Å². The molecule has 284 valence electrons. The van der Waals surface area contributed by atoms with Gasteiger partial charge < -0.3 is 43.5 Å². The lowest BCUT2D eigenvalue weighted by Gasteiger charge is -2.46. The summed E-state index contributed by atoms with van der Waals surface area (Å²) in [5, 5.41) is 33.3. The number of non-ortho nitro benzene ring substituents is 2. The van der Waals surface area contributed by atoms with E-state index in [9.17, 15) is 44.5 Å². The Morgan fingerprint density at radius 1 is 1.04 bits per heavy atom. The standard InChI is InChI=1S/C33H32N7O11S2.HI/c1-17-25(28(37-27(17)26(18(2)41)29(37)43)32(44)50-14-19-4-8-21(9-5-19)39(46)47)23-12-35-16-36(30(52-3)31(35)53-23)13-24(42)38(34)33(45)51-15-20-6-10-22(11-7-20)40(48)49;/h4-12,16-18,26-27,41H,13-15,34H2,1-3H3;1H/q+1;/p-1/t17-,18+,26+,27+;/m0./s1. The van der Waals surface area contributed by atoms with Gasteiger partial charge in [0.2, 0.25) is 15.8 Å². The number of imidazole rings is 1. The van der Waals surface area contributed by atoms with Crippen LogP contribution in [0.2, 0.25) is 0 Å². The Morgan fingerprint density at radius 3 is 2.11 bits per heavy atom. The number of nitrogens with two attached hydrogens (primary N) is 1. The average molecular weight is 894 g/mol. The summed E-state index contributed by atoms with van der Waals surface area (Å²) < 4.78 is 14.1.